The molecule has 0 spiro atoms. The van der Waals surface area contributed by atoms with Crippen LogP contribution in [-0.4, -0.2) is 21.2 Å². The second-order valence-corrected chi connectivity index (χ2v) is 6.60. The Morgan fingerprint density at radius 2 is 1.83 bits per heavy atom. The van der Waals surface area contributed by atoms with Gasteiger partial charge >= 0.3 is 6.09 Å². The van der Waals surface area contributed by atoms with Gasteiger partial charge in [0.15, 0.2) is 0 Å². The first-order valence-electron chi connectivity index (χ1n) is 9.39. The summed E-state index contributed by atoms with van der Waals surface area (Å²) in [4.78, 5) is 20.6. The first-order valence-corrected chi connectivity index (χ1v) is 9.39. The second kappa shape index (κ2) is 8.87. The van der Waals surface area contributed by atoms with Crippen LogP contribution in [0.15, 0.2) is 91.4 Å². The van der Waals surface area contributed by atoms with Gasteiger partial charge in [0.25, 0.3) is 0 Å². The molecule has 0 fully saturated rings. The molecular formula is C24H19N3O3. The zero-order valence-corrected chi connectivity index (χ0v) is 16.0. The van der Waals surface area contributed by atoms with E-state index in [1.807, 2.05) is 24.3 Å². The molecule has 2 aromatic heterocycles. The Labute approximate surface area is 173 Å². The van der Waals surface area contributed by atoms with E-state index in [1.165, 1.54) is 0 Å². The largest absolute Gasteiger partial charge is 0.505 e. The van der Waals surface area contributed by atoms with Crippen molar-refractivity contribution in [2.45, 2.75) is 6.42 Å². The highest BCUT2D eigenvalue weighted by atomic mass is 16.6. The average Bonchev–Trinajstić information content (AvgIpc) is 2.77. The van der Waals surface area contributed by atoms with Crippen LogP contribution < -0.4 is 10.1 Å². The predicted molar refractivity (Wildman–Crippen MR) is 114 cm³/mol. The van der Waals surface area contributed by atoms with Gasteiger partial charge in [-0.2, -0.15) is 0 Å². The summed E-state index contributed by atoms with van der Waals surface area (Å²) in [6, 6.07) is 21.5. The molecule has 0 atom stereocenters. The highest BCUT2D eigenvalue weighted by Gasteiger charge is 2.12. The fraction of sp³-hybridized carbons (Fsp3) is 0.0417. The van der Waals surface area contributed by atoms with Crippen molar-refractivity contribution in [3.05, 3.63) is 103 Å². The molecule has 0 bridgehead atoms. The van der Waals surface area contributed by atoms with Crippen LogP contribution in [-0.2, 0) is 6.42 Å². The van der Waals surface area contributed by atoms with E-state index in [9.17, 15) is 9.90 Å². The molecule has 6 nitrogen and oxygen atoms in total. The van der Waals surface area contributed by atoms with Crippen molar-refractivity contribution in [1.29, 1.82) is 0 Å². The van der Waals surface area contributed by atoms with E-state index in [0.717, 1.165) is 11.1 Å². The van der Waals surface area contributed by atoms with E-state index in [4.69, 9.17) is 4.74 Å². The molecular weight excluding hydrogens is 378 g/mol. The number of pyridine rings is 2. The van der Waals surface area contributed by atoms with Crippen LogP contribution in [0, 0.1) is 0 Å². The summed E-state index contributed by atoms with van der Waals surface area (Å²) in [5.41, 5.74) is 3.45. The fourth-order valence-electron chi connectivity index (χ4n) is 3.06. The highest BCUT2D eigenvalue weighted by molar-refractivity contribution is 5.87. The first kappa shape index (κ1) is 19.1. The topological polar surface area (TPSA) is 84.3 Å². The lowest BCUT2D eigenvalue weighted by Crippen LogP contribution is -2.16. The number of ether oxygens (including phenoxy) is 1. The molecule has 30 heavy (non-hydrogen) atoms. The first-order chi connectivity index (χ1) is 14.7. The van der Waals surface area contributed by atoms with Gasteiger partial charge in [-0.25, -0.2) is 4.79 Å². The van der Waals surface area contributed by atoms with Gasteiger partial charge in [0.05, 0.1) is 5.69 Å². The summed E-state index contributed by atoms with van der Waals surface area (Å²) in [5.74, 6) is 0.559. The molecule has 0 saturated heterocycles. The Hall–Kier alpha value is -4.19. The van der Waals surface area contributed by atoms with Gasteiger partial charge in [0.1, 0.15) is 11.5 Å². The van der Waals surface area contributed by atoms with Crippen LogP contribution in [0.25, 0.3) is 11.1 Å². The second-order valence-electron chi connectivity index (χ2n) is 6.60. The Morgan fingerprint density at radius 3 is 2.63 bits per heavy atom. The Balaban J connectivity index is 1.53. The molecule has 4 aromatic rings. The minimum atomic E-state index is -0.588. The monoisotopic (exact) mass is 397 g/mol. The summed E-state index contributed by atoms with van der Waals surface area (Å²) >= 11 is 0. The molecule has 6 heteroatoms. The summed E-state index contributed by atoms with van der Waals surface area (Å²) in [5, 5.41) is 13.5. The number of anilines is 1. The van der Waals surface area contributed by atoms with Crippen molar-refractivity contribution >= 4 is 11.8 Å². The Morgan fingerprint density at radius 1 is 0.967 bits per heavy atom. The zero-order chi connectivity index (χ0) is 20.8. The number of carbonyl (C=O) groups excluding carboxylic acids is 1. The average molecular weight is 397 g/mol. The van der Waals surface area contributed by atoms with Crippen molar-refractivity contribution in [2.75, 3.05) is 5.32 Å². The van der Waals surface area contributed by atoms with E-state index < -0.39 is 6.09 Å². The van der Waals surface area contributed by atoms with Gasteiger partial charge in [-0.1, -0.05) is 36.4 Å². The third-order valence-corrected chi connectivity index (χ3v) is 4.47. The maximum absolute atomic E-state index is 12.2. The van der Waals surface area contributed by atoms with E-state index in [2.05, 4.69) is 15.3 Å². The van der Waals surface area contributed by atoms with Crippen molar-refractivity contribution in [3.8, 4) is 22.6 Å². The van der Waals surface area contributed by atoms with Crippen LogP contribution in [0.4, 0.5) is 10.5 Å². The molecule has 0 aliphatic heterocycles. The van der Waals surface area contributed by atoms with Gasteiger partial charge in [0, 0.05) is 36.3 Å². The van der Waals surface area contributed by atoms with E-state index in [1.54, 1.807) is 67.1 Å². The molecule has 2 N–H and O–H groups in total. The number of para-hydroxylation sites is 1. The van der Waals surface area contributed by atoms with Crippen molar-refractivity contribution < 1.29 is 14.6 Å². The van der Waals surface area contributed by atoms with Gasteiger partial charge in [0.2, 0.25) is 0 Å². The summed E-state index contributed by atoms with van der Waals surface area (Å²) in [7, 11) is 0. The zero-order valence-electron chi connectivity index (χ0n) is 16.0. The van der Waals surface area contributed by atoms with Crippen molar-refractivity contribution in [2.24, 2.45) is 0 Å². The SMILES string of the molecule is O=C(Nc1cccc(-c2ccnc(Cc3cccnc3)c2O)c1)Oc1ccccc1. The third-order valence-electron chi connectivity index (χ3n) is 4.47. The molecule has 2 aromatic carbocycles. The lowest BCUT2D eigenvalue weighted by molar-refractivity contribution is 0.215. The molecule has 0 radical (unpaired) electrons. The standard InChI is InChI=1S/C24H19N3O3/c28-23-21(11-13-26-22(23)14-17-6-5-12-25-16-17)18-7-4-8-19(15-18)27-24(29)30-20-9-2-1-3-10-20/h1-13,15-16,28H,14H2,(H,27,29). The summed E-state index contributed by atoms with van der Waals surface area (Å²) in [6.45, 7) is 0. The number of nitrogens with zero attached hydrogens (tertiary/aromatic N) is 2. The number of benzene rings is 2. The molecule has 0 aliphatic rings. The smallest absolute Gasteiger partial charge is 0.417 e. The maximum atomic E-state index is 12.2. The maximum Gasteiger partial charge on any atom is 0.417 e. The molecule has 1 amide bonds. The number of hydrogen-bond acceptors (Lipinski definition) is 5. The van der Waals surface area contributed by atoms with Crippen LogP contribution in [0.2, 0.25) is 0 Å². The number of aromatic hydroxyl groups is 1. The van der Waals surface area contributed by atoms with Gasteiger partial charge in [-0.3, -0.25) is 15.3 Å². The van der Waals surface area contributed by atoms with Crippen molar-refractivity contribution in [1.82, 2.24) is 9.97 Å². The number of hydrogen-bond donors (Lipinski definition) is 2. The number of aromatic nitrogens is 2. The Kier molecular flexibility index (Phi) is 5.66. The number of carbonyl (C=O) groups is 1. The highest BCUT2D eigenvalue weighted by Crippen LogP contribution is 2.33. The predicted octanol–water partition coefficient (Wildman–Crippen LogP) is 5.05. The minimum absolute atomic E-state index is 0.102. The Bertz CT molecular complexity index is 1150. The van der Waals surface area contributed by atoms with E-state index in [0.29, 0.717) is 29.1 Å². The molecule has 0 unspecified atom stereocenters. The summed E-state index contributed by atoms with van der Waals surface area (Å²) in [6.07, 6.45) is 4.99. The van der Waals surface area contributed by atoms with Gasteiger partial charge < -0.3 is 9.84 Å². The lowest BCUT2D eigenvalue weighted by Gasteiger charge is -2.11. The molecule has 2 heterocycles. The quantitative estimate of drug-likeness (QED) is 0.492. The molecule has 4 rings (SSSR count). The van der Waals surface area contributed by atoms with Crippen LogP contribution >= 0.6 is 0 Å². The normalized spacial score (nSPS) is 10.4. The van der Waals surface area contributed by atoms with Crippen molar-refractivity contribution in [3.63, 3.8) is 0 Å². The third kappa shape index (κ3) is 4.62. The molecule has 0 aliphatic carbocycles. The molecule has 148 valence electrons. The van der Waals surface area contributed by atoms with Crippen LogP contribution in [0.3, 0.4) is 0 Å². The minimum Gasteiger partial charge on any atom is -0.505 e. The number of nitrogens with one attached hydrogen (secondary N) is 1. The number of amides is 1. The fourth-order valence-corrected chi connectivity index (χ4v) is 3.06. The van der Waals surface area contributed by atoms with E-state index in [-0.39, 0.29) is 5.75 Å². The molecule has 0 saturated carbocycles. The van der Waals surface area contributed by atoms with Gasteiger partial charge in [-0.05, 0) is 47.5 Å². The lowest BCUT2D eigenvalue weighted by atomic mass is 10.0. The van der Waals surface area contributed by atoms with Gasteiger partial charge in [-0.15, -0.1) is 0 Å². The van der Waals surface area contributed by atoms with Crippen LogP contribution in [0.1, 0.15) is 11.3 Å². The number of rotatable bonds is 5. The van der Waals surface area contributed by atoms with Crippen LogP contribution in [0.5, 0.6) is 11.5 Å². The van der Waals surface area contributed by atoms with E-state index >= 15 is 0 Å². The summed E-state index contributed by atoms with van der Waals surface area (Å²) < 4.78 is 5.26.